The van der Waals surface area contributed by atoms with Gasteiger partial charge in [-0.3, -0.25) is 14.3 Å². The Bertz CT molecular complexity index is 1290. The average Bonchev–Trinajstić information content (AvgIpc) is 2.81. The molecule has 0 saturated carbocycles. The van der Waals surface area contributed by atoms with Crippen LogP contribution >= 0.6 is 0 Å². The summed E-state index contributed by atoms with van der Waals surface area (Å²) in [5, 5.41) is 1.14. The van der Waals surface area contributed by atoms with Crippen LogP contribution in [0.25, 0.3) is 22.3 Å². The van der Waals surface area contributed by atoms with Crippen molar-refractivity contribution < 1.29 is 0 Å². The molecule has 0 spiro atoms. The van der Waals surface area contributed by atoms with Crippen LogP contribution in [0.5, 0.6) is 0 Å². The van der Waals surface area contributed by atoms with Crippen molar-refractivity contribution in [2.24, 2.45) is 7.05 Å². The molecule has 1 aliphatic rings. The Morgan fingerprint density at radius 2 is 1.90 bits per heavy atom. The summed E-state index contributed by atoms with van der Waals surface area (Å²) < 4.78 is 1.61. The van der Waals surface area contributed by atoms with Crippen LogP contribution in [0.15, 0.2) is 66.0 Å². The minimum atomic E-state index is -0.105. The van der Waals surface area contributed by atoms with Crippen LogP contribution in [0.3, 0.4) is 0 Å². The number of benzene rings is 1. The highest BCUT2D eigenvalue weighted by atomic mass is 16.1. The lowest BCUT2D eigenvalue weighted by molar-refractivity contribution is 0.529. The Morgan fingerprint density at radius 1 is 1.03 bits per heavy atom. The van der Waals surface area contributed by atoms with Crippen LogP contribution in [-0.4, -0.2) is 50.2 Å². The van der Waals surface area contributed by atoms with Crippen LogP contribution in [-0.2, 0) is 7.05 Å². The van der Waals surface area contributed by atoms with E-state index in [-0.39, 0.29) is 11.6 Å². The highest BCUT2D eigenvalue weighted by Crippen LogP contribution is 2.25. The Balaban J connectivity index is 1.43. The maximum absolute atomic E-state index is 12.6. The van der Waals surface area contributed by atoms with E-state index >= 15 is 0 Å². The summed E-state index contributed by atoms with van der Waals surface area (Å²) in [4.78, 5) is 34.7. The van der Waals surface area contributed by atoms with Gasteiger partial charge in [0, 0.05) is 50.4 Å². The van der Waals surface area contributed by atoms with Gasteiger partial charge < -0.3 is 9.80 Å². The van der Waals surface area contributed by atoms with Gasteiger partial charge in [-0.25, -0.2) is 15.0 Å². The van der Waals surface area contributed by atoms with Crippen LogP contribution in [0, 0.1) is 0 Å². The quantitative estimate of drug-likeness (QED) is 0.510. The van der Waals surface area contributed by atoms with Crippen molar-refractivity contribution in [1.29, 1.82) is 0 Å². The zero-order chi connectivity index (χ0) is 21.4. The van der Waals surface area contributed by atoms with Gasteiger partial charge in [0.2, 0.25) is 5.95 Å². The summed E-state index contributed by atoms with van der Waals surface area (Å²) in [6.07, 6.45) is 5.06. The molecule has 3 aromatic heterocycles. The van der Waals surface area contributed by atoms with Crippen molar-refractivity contribution in [3.63, 3.8) is 0 Å². The zero-order valence-electron chi connectivity index (χ0n) is 17.5. The van der Waals surface area contributed by atoms with E-state index in [4.69, 9.17) is 4.98 Å². The fourth-order valence-corrected chi connectivity index (χ4v) is 4.08. The van der Waals surface area contributed by atoms with Crippen molar-refractivity contribution in [1.82, 2.24) is 24.5 Å². The first kappa shape index (κ1) is 19.2. The van der Waals surface area contributed by atoms with Gasteiger partial charge in [-0.2, -0.15) is 0 Å². The molecule has 1 aliphatic heterocycles. The maximum Gasteiger partial charge on any atom is 0.255 e. The molecule has 1 saturated heterocycles. The fourth-order valence-electron chi connectivity index (χ4n) is 4.08. The van der Waals surface area contributed by atoms with Gasteiger partial charge >= 0.3 is 0 Å². The molecule has 8 nitrogen and oxygen atoms in total. The van der Waals surface area contributed by atoms with Gasteiger partial charge in [0.15, 0.2) is 0 Å². The maximum atomic E-state index is 12.6. The second kappa shape index (κ2) is 7.79. The molecule has 4 aromatic rings. The number of anilines is 2. The van der Waals surface area contributed by atoms with Crippen LogP contribution < -0.4 is 15.4 Å². The van der Waals surface area contributed by atoms with E-state index in [2.05, 4.69) is 43.8 Å². The van der Waals surface area contributed by atoms with Crippen LogP contribution in [0.4, 0.5) is 11.6 Å². The molecule has 31 heavy (non-hydrogen) atoms. The third-order valence-electron chi connectivity index (χ3n) is 5.78. The molecule has 8 heteroatoms. The van der Waals surface area contributed by atoms with Gasteiger partial charge in [0.1, 0.15) is 6.33 Å². The summed E-state index contributed by atoms with van der Waals surface area (Å²) >= 11 is 0. The van der Waals surface area contributed by atoms with Crippen molar-refractivity contribution in [3.05, 3.63) is 71.5 Å². The molecule has 0 unspecified atom stereocenters. The normalized spacial score (nSPS) is 16.6. The number of piperazine rings is 1. The molecule has 0 radical (unpaired) electrons. The molecule has 0 amide bonds. The average molecular weight is 413 g/mol. The van der Waals surface area contributed by atoms with Crippen molar-refractivity contribution in [2.45, 2.75) is 13.0 Å². The third-order valence-corrected chi connectivity index (χ3v) is 5.78. The van der Waals surface area contributed by atoms with E-state index in [1.807, 2.05) is 24.4 Å². The molecule has 0 N–H and O–H groups in total. The monoisotopic (exact) mass is 413 g/mol. The minimum Gasteiger partial charge on any atom is -0.366 e. The first-order chi connectivity index (χ1) is 15.1. The number of rotatable bonds is 3. The molecule has 1 fully saturated rings. The first-order valence-corrected chi connectivity index (χ1v) is 10.3. The summed E-state index contributed by atoms with van der Waals surface area (Å²) in [7, 11) is 1.76. The fraction of sp³-hybridized carbons (Fsp3) is 0.261. The highest BCUT2D eigenvalue weighted by Gasteiger charge is 2.27. The van der Waals surface area contributed by atoms with E-state index in [0.29, 0.717) is 17.3 Å². The number of aromatic nitrogens is 5. The number of hydrogen-bond donors (Lipinski definition) is 0. The van der Waals surface area contributed by atoms with Gasteiger partial charge in [0.05, 0.1) is 28.8 Å². The Kier molecular flexibility index (Phi) is 4.82. The predicted molar refractivity (Wildman–Crippen MR) is 121 cm³/mol. The van der Waals surface area contributed by atoms with E-state index in [1.165, 1.54) is 12.4 Å². The number of pyridine rings is 1. The highest BCUT2D eigenvalue weighted by molar-refractivity contribution is 5.81. The van der Waals surface area contributed by atoms with Crippen molar-refractivity contribution in [3.8, 4) is 11.4 Å². The smallest absolute Gasteiger partial charge is 0.255 e. The lowest BCUT2D eigenvalue weighted by atomic mass is 10.1. The number of para-hydroxylation sites is 1. The molecule has 4 heterocycles. The SMILES string of the molecule is C[C@@H]1CN(c2cnc3ccccc3c2)CCN1c1nc(-c2ccncn2)cc(=O)n1C. The van der Waals surface area contributed by atoms with Gasteiger partial charge in [-0.15, -0.1) is 0 Å². The topological polar surface area (TPSA) is 80.0 Å². The molecule has 1 atom stereocenters. The first-order valence-electron chi connectivity index (χ1n) is 10.3. The largest absolute Gasteiger partial charge is 0.366 e. The summed E-state index contributed by atoms with van der Waals surface area (Å²) in [5.74, 6) is 0.657. The van der Waals surface area contributed by atoms with E-state index in [0.717, 1.165) is 36.2 Å². The lowest BCUT2D eigenvalue weighted by Crippen LogP contribution is -2.53. The van der Waals surface area contributed by atoms with E-state index < -0.39 is 0 Å². The van der Waals surface area contributed by atoms with Gasteiger partial charge in [-0.05, 0) is 25.1 Å². The van der Waals surface area contributed by atoms with Crippen LogP contribution in [0.1, 0.15) is 6.92 Å². The van der Waals surface area contributed by atoms with Crippen molar-refractivity contribution in [2.75, 3.05) is 29.4 Å². The molecule has 156 valence electrons. The van der Waals surface area contributed by atoms with Gasteiger partial charge in [-0.1, -0.05) is 18.2 Å². The van der Waals surface area contributed by atoms with Gasteiger partial charge in [0.25, 0.3) is 5.56 Å². The Labute approximate surface area is 179 Å². The van der Waals surface area contributed by atoms with E-state index in [9.17, 15) is 4.79 Å². The summed E-state index contributed by atoms with van der Waals surface area (Å²) in [6, 6.07) is 13.8. The zero-order valence-corrected chi connectivity index (χ0v) is 17.5. The molecule has 5 rings (SSSR count). The van der Waals surface area contributed by atoms with E-state index in [1.54, 1.807) is 23.9 Å². The lowest BCUT2D eigenvalue weighted by Gasteiger charge is -2.41. The van der Waals surface area contributed by atoms with Crippen molar-refractivity contribution >= 4 is 22.5 Å². The number of fused-ring (bicyclic) bond motifs is 1. The Hall–Kier alpha value is -3.81. The number of nitrogens with zero attached hydrogens (tertiary/aromatic N) is 7. The third kappa shape index (κ3) is 3.61. The second-order valence-corrected chi connectivity index (χ2v) is 7.81. The summed E-state index contributed by atoms with van der Waals surface area (Å²) in [6.45, 7) is 4.54. The number of hydrogen-bond acceptors (Lipinski definition) is 7. The molecular formula is C23H23N7O. The minimum absolute atomic E-state index is 0.105. The molecule has 0 aliphatic carbocycles. The predicted octanol–water partition coefficient (Wildman–Crippen LogP) is 2.50. The molecule has 0 bridgehead atoms. The molecule has 1 aromatic carbocycles. The van der Waals surface area contributed by atoms with Crippen LogP contribution in [0.2, 0.25) is 0 Å². The second-order valence-electron chi connectivity index (χ2n) is 7.81. The standard InChI is InChI=1S/C23H23N7O/c1-16-14-29(18-11-17-5-3-4-6-19(17)25-13-18)9-10-30(16)23-27-21(12-22(31)28(23)2)20-7-8-24-15-26-20/h3-8,11-13,15-16H,9-10,14H2,1-2H3/t16-/m1/s1. The summed E-state index contributed by atoms with van der Waals surface area (Å²) in [5.41, 5.74) is 3.21. The molecular weight excluding hydrogens is 390 g/mol. The Morgan fingerprint density at radius 3 is 2.71 bits per heavy atom.